The summed E-state index contributed by atoms with van der Waals surface area (Å²) in [5, 5.41) is 4.43. The maximum absolute atomic E-state index is 11.4. The second-order valence-electron chi connectivity index (χ2n) is 3.67. The summed E-state index contributed by atoms with van der Waals surface area (Å²) in [6.45, 7) is 1.67. The Morgan fingerprint density at radius 1 is 1.20 bits per heavy atom. The molecule has 108 valence electrons. The van der Waals surface area contributed by atoms with Crippen molar-refractivity contribution >= 4 is 29.7 Å². The maximum atomic E-state index is 11.4. The molecule has 0 radical (unpaired) electrons. The molecule has 2 N–H and O–H groups in total. The first-order valence-corrected chi connectivity index (χ1v) is 7.01. The number of esters is 1. The fraction of sp³-hybridized carbons (Fsp3) is 0.308. The van der Waals surface area contributed by atoms with E-state index in [2.05, 4.69) is 5.32 Å². The monoisotopic (exact) mass is 296 g/mol. The molecule has 0 unspecified atom stereocenters. The summed E-state index contributed by atoms with van der Waals surface area (Å²) >= 11 is 1.32. The highest BCUT2D eigenvalue weighted by molar-refractivity contribution is 8.00. The number of benzene rings is 1. The molecule has 0 saturated carbocycles. The molecule has 0 spiro atoms. The van der Waals surface area contributed by atoms with Gasteiger partial charge in [-0.2, -0.15) is 0 Å². The van der Waals surface area contributed by atoms with Crippen molar-refractivity contribution in [1.82, 2.24) is 10.6 Å². The lowest BCUT2D eigenvalue weighted by atomic mass is 10.4. The van der Waals surface area contributed by atoms with Crippen LogP contribution in [0.4, 0.5) is 4.79 Å². The molecule has 20 heavy (non-hydrogen) atoms. The van der Waals surface area contributed by atoms with E-state index in [1.54, 1.807) is 6.92 Å². The van der Waals surface area contributed by atoms with Gasteiger partial charge in [0.15, 0.2) is 6.61 Å². The molecule has 0 aliphatic carbocycles. The molecule has 6 nitrogen and oxygen atoms in total. The third-order valence-corrected chi connectivity index (χ3v) is 3.04. The second-order valence-corrected chi connectivity index (χ2v) is 4.72. The zero-order chi connectivity index (χ0) is 14.8. The van der Waals surface area contributed by atoms with Gasteiger partial charge in [0.1, 0.15) is 0 Å². The zero-order valence-corrected chi connectivity index (χ0v) is 11.9. The van der Waals surface area contributed by atoms with Crippen molar-refractivity contribution in [3.8, 4) is 0 Å². The van der Waals surface area contributed by atoms with Gasteiger partial charge in [-0.3, -0.25) is 14.9 Å². The van der Waals surface area contributed by atoms with Gasteiger partial charge < -0.3 is 10.1 Å². The molecule has 0 atom stereocenters. The van der Waals surface area contributed by atoms with E-state index in [1.807, 2.05) is 35.6 Å². The lowest BCUT2D eigenvalue weighted by Gasteiger charge is -2.06. The van der Waals surface area contributed by atoms with Crippen molar-refractivity contribution < 1.29 is 19.1 Å². The van der Waals surface area contributed by atoms with Crippen LogP contribution < -0.4 is 10.6 Å². The minimum atomic E-state index is -0.658. The van der Waals surface area contributed by atoms with Gasteiger partial charge in [0, 0.05) is 11.4 Å². The van der Waals surface area contributed by atoms with Crippen molar-refractivity contribution in [2.24, 2.45) is 0 Å². The predicted molar refractivity (Wildman–Crippen MR) is 75.3 cm³/mol. The van der Waals surface area contributed by atoms with Gasteiger partial charge in [0.2, 0.25) is 0 Å². The fourth-order valence-corrected chi connectivity index (χ4v) is 1.93. The average molecular weight is 296 g/mol. The number of rotatable bonds is 6. The van der Waals surface area contributed by atoms with Crippen LogP contribution in [0.3, 0.4) is 0 Å². The summed E-state index contributed by atoms with van der Waals surface area (Å²) in [6.07, 6.45) is 0. The number of amides is 3. The van der Waals surface area contributed by atoms with Crippen molar-refractivity contribution in [1.29, 1.82) is 0 Å². The average Bonchev–Trinajstić information content (AvgIpc) is 2.44. The quantitative estimate of drug-likeness (QED) is 0.608. The van der Waals surface area contributed by atoms with E-state index < -0.39 is 24.5 Å². The van der Waals surface area contributed by atoms with Crippen LogP contribution >= 0.6 is 11.8 Å². The van der Waals surface area contributed by atoms with E-state index >= 15 is 0 Å². The minimum Gasteiger partial charge on any atom is -0.455 e. The summed E-state index contributed by atoms with van der Waals surface area (Å²) in [6, 6.07) is 8.77. The highest BCUT2D eigenvalue weighted by Gasteiger charge is 2.10. The number of hydrogen-bond acceptors (Lipinski definition) is 5. The maximum Gasteiger partial charge on any atom is 0.321 e. The third-order valence-electron chi connectivity index (χ3n) is 2.05. The van der Waals surface area contributed by atoms with Gasteiger partial charge in [0.25, 0.3) is 5.91 Å². The van der Waals surface area contributed by atoms with E-state index in [0.29, 0.717) is 6.54 Å². The molecule has 0 saturated heterocycles. The Bertz CT molecular complexity index is 465. The van der Waals surface area contributed by atoms with Gasteiger partial charge >= 0.3 is 12.0 Å². The highest BCUT2D eigenvalue weighted by atomic mass is 32.2. The Morgan fingerprint density at radius 3 is 2.55 bits per heavy atom. The lowest BCUT2D eigenvalue weighted by molar-refractivity contribution is -0.145. The normalized spacial score (nSPS) is 9.65. The minimum absolute atomic E-state index is 0.110. The van der Waals surface area contributed by atoms with Gasteiger partial charge in [-0.25, -0.2) is 4.79 Å². The van der Waals surface area contributed by atoms with Crippen molar-refractivity contribution in [2.45, 2.75) is 11.8 Å². The molecule has 3 amide bonds. The van der Waals surface area contributed by atoms with Crippen LogP contribution in [-0.4, -0.2) is 36.8 Å². The smallest absolute Gasteiger partial charge is 0.321 e. The van der Waals surface area contributed by atoms with Crippen molar-refractivity contribution in [3.63, 3.8) is 0 Å². The molecule has 0 heterocycles. The number of carbonyl (C=O) groups excluding carboxylic acids is 3. The van der Waals surface area contributed by atoms with Crippen molar-refractivity contribution in [2.75, 3.05) is 18.9 Å². The molecule has 0 bridgehead atoms. The molecule has 1 aromatic rings. The Hall–Kier alpha value is -2.02. The molecular weight excluding hydrogens is 280 g/mol. The first kappa shape index (κ1) is 16.0. The highest BCUT2D eigenvalue weighted by Crippen LogP contribution is 2.16. The number of imide groups is 1. The summed E-state index contributed by atoms with van der Waals surface area (Å²) in [5.74, 6) is -1.06. The molecule has 0 aliphatic rings. The standard InChI is InChI=1S/C13H16N2O4S/c1-2-14-13(18)15-11(16)8-19-12(17)9-20-10-6-4-3-5-7-10/h3-7H,2,8-9H2,1H3,(H2,14,15,16,18). The first-order valence-electron chi connectivity index (χ1n) is 6.03. The van der Waals surface area contributed by atoms with Gasteiger partial charge in [0.05, 0.1) is 5.75 Å². The Balaban J connectivity index is 2.19. The number of nitrogens with one attached hydrogen (secondary N) is 2. The lowest BCUT2D eigenvalue weighted by Crippen LogP contribution is -2.41. The summed E-state index contributed by atoms with van der Waals surface area (Å²) in [7, 11) is 0. The molecule has 0 fully saturated rings. The predicted octanol–water partition coefficient (Wildman–Crippen LogP) is 1.17. The molecule has 0 aliphatic heterocycles. The SMILES string of the molecule is CCNC(=O)NC(=O)COC(=O)CSc1ccccc1. The number of ether oxygens (including phenoxy) is 1. The first-order chi connectivity index (χ1) is 9.61. The molecule has 1 aromatic carbocycles. The van der Waals surface area contributed by atoms with E-state index in [4.69, 9.17) is 4.74 Å². The van der Waals surface area contributed by atoms with Gasteiger partial charge in [-0.15, -0.1) is 11.8 Å². The molecule has 7 heteroatoms. The molecule has 0 aromatic heterocycles. The van der Waals surface area contributed by atoms with Crippen LogP contribution in [0.1, 0.15) is 6.92 Å². The third kappa shape index (κ3) is 6.79. The van der Waals surface area contributed by atoms with Crippen LogP contribution in [0.15, 0.2) is 35.2 Å². The van der Waals surface area contributed by atoms with Crippen LogP contribution in [0.25, 0.3) is 0 Å². The van der Waals surface area contributed by atoms with Crippen molar-refractivity contribution in [3.05, 3.63) is 30.3 Å². The number of urea groups is 1. The Labute approximate surface area is 121 Å². The van der Waals surface area contributed by atoms with E-state index in [1.165, 1.54) is 11.8 Å². The Morgan fingerprint density at radius 2 is 1.90 bits per heavy atom. The Kier molecular flexibility index (Phi) is 7.20. The molecular formula is C13H16N2O4S. The van der Waals surface area contributed by atoms with E-state index in [-0.39, 0.29) is 5.75 Å². The second kappa shape index (κ2) is 8.98. The van der Waals surface area contributed by atoms with E-state index in [0.717, 1.165) is 4.90 Å². The topological polar surface area (TPSA) is 84.5 Å². The zero-order valence-electron chi connectivity index (χ0n) is 11.0. The largest absolute Gasteiger partial charge is 0.455 e. The number of thioether (sulfide) groups is 1. The molecule has 1 rings (SSSR count). The summed E-state index contributed by atoms with van der Waals surface area (Å²) in [5.41, 5.74) is 0. The van der Waals surface area contributed by atoms with Crippen LogP contribution in [-0.2, 0) is 14.3 Å². The summed E-state index contributed by atoms with van der Waals surface area (Å²) < 4.78 is 4.75. The fourth-order valence-electron chi connectivity index (χ4n) is 1.21. The van der Waals surface area contributed by atoms with Gasteiger partial charge in [-0.05, 0) is 19.1 Å². The van der Waals surface area contributed by atoms with E-state index in [9.17, 15) is 14.4 Å². The van der Waals surface area contributed by atoms with Gasteiger partial charge in [-0.1, -0.05) is 18.2 Å². The van der Waals surface area contributed by atoms with Crippen LogP contribution in [0.5, 0.6) is 0 Å². The number of carbonyl (C=O) groups is 3. The summed E-state index contributed by atoms with van der Waals surface area (Å²) in [4.78, 5) is 34.6. The number of hydrogen-bond donors (Lipinski definition) is 2. The van der Waals surface area contributed by atoms with Crippen LogP contribution in [0, 0.1) is 0 Å². The van der Waals surface area contributed by atoms with Crippen LogP contribution in [0.2, 0.25) is 0 Å².